The molecule has 122 valence electrons. The minimum atomic E-state index is 0.0901. The molecule has 1 amide bonds. The molecule has 1 aliphatic rings. The summed E-state index contributed by atoms with van der Waals surface area (Å²) in [6, 6.07) is 11.5. The Labute approximate surface area is 139 Å². The van der Waals surface area contributed by atoms with E-state index in [0.29, 0.717) is 18.9 Å². The highest BCUT2D eigenvalue weighted by atomic mass is 16.2. The average Bonchev–Trinajstić information content (AvgIpc) is 3.11. The molecule has 1 fully saturated rings. The van der Waals surface area contributed by atoms with Crippen molar-refractivity contribution >= 4 is 17.5 Å². The van der Waals surface area contributed by atoms with E-state index in [1.807, 2.05) is 52.6 Å². The zero-order valence-corrected chi connectivity index (χ0v) is 13.5. The summed E-state index contributed by atoms with van der Waals surface area (Å²) >= 11 is 0. The van der Waals surface area contributed by atoms with Crippen molar-refractivity contribution in [2.75, 3.05) is 31.1 Å². The van der Waals surface area contributed by atoms with Crippen LogP contribution in [0, 0.1) is 6.92 Å². The van der Waals surface area contributed by atoms with Gasteiger partial charge in [0.1, 0.15) is 12.1 Å². The predicted octanol–water partition coefficient (Wildman–Crippen LogP) is 1.40. The van der Waals surface area contributed by atoms with Crippen molar-refractivity contribution < 1.29 is 4.79 Å². The van der Waals surface area contributed by atoms with E-state index in [-0.39, 0.29) is 5.91 Å². The van der Waals surface area contributed by atoms with E-state index in [1.54, 1.807) is 6.33 Å². The fourth-order valence-electron chi connectivity index (χ4n) is 3.01. The lowest BCUT2D eigenvalue weighted by Crippen LogP contribution is -2.49. The second-order valence-corrected chi connectivity index (χ2v) is 5.90. The molecule has 0 atom stereocenters. The van der Waals surface area contributed by atoms with Crippen molar-refractivity contribution in [1.29, 1.82) is 0 Å². The van der Waals surface area contributed by atoms with Crippen molar-refractivity contribution in [1.82, 2.24) is 24.5 Å². The zero-order valence-electron chi connectivity index (χ0n) is 13.5. The van der Waals surface area contributed by atoms with Gasteiger partial charge in [-0.25, -0.2) is 0 Å². The van der Waals surface area contributed by atoms with Gasteiger partial charge in [-0.3, -0.25) is 9.20 Å². The molecule has 1 aromatic carbocycles. The van der Waals surface area contributed by atoms with Gasteiger partial charge in [-0.05, 0) is 19.1 Å². The molecular formula is C17H18N6O. The molecule has 7 nitrogen and oxygen atoms in total. The Morgan fingerprint density at radius 1 is 1.08 bits per heavy atom. The average molecular weight is 322 g/mol. The van der Waals surface area contributed by atoms with E-state index in [2.05, 4.69) is 20.1 Å². The van der Waals surface area contributed by atoms with Crippen molar-refractivity contribution in [3.05, 3.63) is 54.0 Å². The number of carbonyl (C=O) groups excluding carboxylic acids is 1. The van der Waals surface area contributed by atoms with Gasteiger partial charge in [0.25, 0.3) is 11.7 Å². The van der Waals surface area contributed by atoms with Gasteiger partial charge in [0.05, 0.1) is 0 Å². The van der Waals surface area contributed by atoms with Crippen LogP contribution in [0.25, 0.3) is 5.78 Å². The van der Waals surface area contributed by atoms with Crippen molar-refractivity contribution in [3.63, 3.8) is 0 Å². The summed E-state index contributed by atoms with van der Waals surface area (Å²) in [4.78, 5) is 21.2. The maximum Gasteiger partial charge on any atom is 0.256 e. The molecule has 0 spiro atoms. The van der Waals surface area contributed by atoms with Gasteiger partial charge in [-0.1, -0.05) is 18.2 Å². The van der Waals surface area contributed by atoms with Crippen molar-refractivity contribution in [2.45, 2.75) is 6.92 Å². The van der Waals surface area contributed by atoms with E-state index in [0.717, 1.165) is 30.2 Å². The van der Waals surface area contributed by atoms with Crippen LogP contribution in [0.2, 0.25) is 0 Å². The highest BCUT2D eigenvalue weighted by Gasteiger charge is 2.23. The van der Waals surface area contributed by atoms with E-state index in [4.69, 9.17) is 0 Å². The quantitative estimate of drug-likeness (QED) is 0.713. The first-order chi connectivity index (χ1) is 11.7. The van der Waals surface area contributed by atoms with Crippen LogP contribution in [0.4, 0.5) is 5.82 Å². The smallest absolute Gasteiger partial charge is 0.256 e. The molecule has 0 unspecified atom stereocenters. The summed E-state index contributed by atoms with van der Waals surface area (Å²) < 4.78 is 1.86. The van der Waals surface area contributed by atoms with Crippen LogP contribution in [0.15, 0.2) is 42.7 Å². The molecule has 2 aromatic heterocycles. The third kappa shape index (κ3) is 2.58. The molecule has 0 aliphatic carbocycles. The summed E-state index contributed by atoms with van der Waals surface area (Å²) in [5.41, 5.74) is 1.78. The minimum absolute atomic E-state index is 0.0901. The fraction of sp³-hybridized carbons (Fsp3) is 0.294. The first-order valence-electron chi connectivity index (χ1n) is 7.99. The number of anilines is 1. The van der Waals surface area contributed by atoms with Crippen molar-refractivity contribution in [2.24, 2.45) is 0 Å². The molecule has 3 heterocycles. The van der Waals surface area contributed by atoms with Gasteiger partial charge in [0, 0.05) is 43.5 Å². The maximum atomic E-state index is 12.5. The Morgan fingerprint density at radius 3 is 2.58 bits per heavy atom. The number of amides is 1. The number of nitrogens with zero attached hydrogens (tertiary/aromatic N) is 6. The maximum absolute atomic E-state index is 12.5. The van der Waals surface area contributed by atoms with Gasteiger partial charge in [-0.15, -0.1) is 10.2 Å². The molecule has 0 bridgehead atoms. The van der Waals surface area contributed by atoms with E-state index < -0.39 is 0 Å². The van der Waals surface area contributed by atoms with Crippen LogP contribution in [-0.2, 0) is 0 Å². The molecule has 1 aliphatic heterocycles. The van der Waals surface area contributed by atoms with Crippen LogP contribution in [0.1, 0.15) is 16.1 Å². The lowest BCUT2D eigenvalue weighted by atomic mass is 10.2. The van der Waals surface area contributed by atoms with Gasteiger partial charge in [0.2, 0.25) is 0 Å². The summed E-state index contributed by atoms with van der Waals surface area (Å²) in [6.45, 7) is 4.90. The van der Waals surface area contributed by atoms with E-state index in [1.165, 1.54) is 0 Å². The lowest BCUT2D eigenvalue weighted by Gasteiger charge is -2.35. The fourth-order valence-corrected chi connectivity index (χ4v) is 3.01. The Bertz CT molecular complexity index is 867. The number of hydrogen-bond acceptors (Lipinski definition) is 5. The largest absolute Gasteiger partial charge is 0.353 e. The van der Waals surface area contributed by atoms with E-state index >= 15 is 0 Å². The number of rotatable bonds is 2. The molecule has 1 saturated heterocycles. The SMILES string of the molecule is Cc1cc(N2CCN(C(=O)c3ccccc3)CC2)nc2nncn12. The third-order valence-electron chi connectivity index (χ3n) is 4.37. The van der Waals surface area contributed by atoms with Gasteiger partial charge >= 0.3 is 0 Å². The number of hydrogen-bond donors (Lipinski definition) is 0. The molecule has 0 saturated carbocycles. The Morgan fingerprint density at radius 2 is 1.83 bits per heavy atom. The number of fused-ring (bicyclic) bond motifs is 1. The number of piperazine rings is 1. The summed E-state index contributed by atoms with van der Waals surface area (Å²) in [7, 11) is 0. The molecule has 24 heavy (non-hydrogen) atoms. The zero-order chi connectivity index (χ0) is 16.5. The third-order valence-corrected chi connectivity index (χ3v) is 4.37. The van der Waals surface area contributed by atoms with Gasteiger partial charge in [0.15, 0.2) is 0 Å². The molecule has 4 rings (SSSR count). The number of carbonyl (C=O) groups is 1. The predicted molar refractivity (Wildman–Crippen MR) is 90.1 cm³/mol. The number of aryl methyl sites for hydroxylation is 1. The second kappa shape index (κ2) is 5.92. The molecule has 3 aromatic rings. The Kier molecular flexibility index (Phi) is 3.60. The van der Waals surface area contributed by atoms with Crippen LogP contribution in [0.3, 0.4) is 0 Å². The summed E-state index contributed by atoms with van der Waals surface area (Å²) in [6.07, 6.45) is 1.66. The van der Waals surface area contributed by atoms with Crippen LogP contribution < -0.4 is 4.90 Å². The normalized spacial score (nSPS) is 15.0. The molecule has 0 radical (unpaired) electrons. The first kappa shape index (κ1) is 14.6. The Balaban J connectivity index is 1.48. The highest BCUT2D eigenvalue weighted by molar-refractivity contribution is 5.94. The van der Waals surface area contributed by atoms with Gasteiger partial charge < -0.3 is 9.80 Å². The van der Waals surface area contributed by atoms with Crippen molar-refractivity contribution in [3.8, 4) is 0 Å². The highest BCUT2D eigenvalue weighted by Crippen LogP contribution is 2.17. The number of benzene rings is 1. The van der Waals surface area contributed by atoms with Crippen LogP contribution in [-0.4, -0.2) is 56.6 Å². The van der Waals surface area contributed by atoms with Gasteiger partial charge in [-0.2, -0.15) is 4.98 Å². The lowest BCUT2D eigenvalue weighted by molar-refractivity contribution is 0.0746. The second-order valence-electron chi connectivity index (χ2n) is 5.90. The summed E-state index contributed by atoms with van der Waals surface area (Å²) in [5.74, 6) is 1.58. The van der Waals surface area contributed by atoms with Crippen LogP contribution in [0.5, 0.6) is 0 Å². The molecule has 7 heteroatoms. The number of aromatic nitrogens is 4. The molecular weight excluding hydrogens is 304 g/mol. The monoisotopic (exact) mass is 322 g/mol. The van der Waals surface area contributed by atoms with E-state index in [9.17, 15) is 4.79 Å². The Hall–Kier alpha value is -2.96. The molecule has 0 N–H and O–H groups in total. The minimum Gasteiger partial charge on any atom is -0.353 e. The summed E-state index contributed by atoms with van der Waals surface area (Å²) in [5, 5.41) is 7.92. The topological polar surface area (TPSA) is 66.6 Å². The first-order valence-corrected chi connectivity index (χ1v) is 7.99. The van der Waals surface area contributed by atoms with Crippen LogP contribution >= 0.6 is 0 Å². The standard InChI is InChI=1S/C17H18N6O/c1-13-11-15(19-17-20-18-12-23(13)17)21-7-9-22(10-8-21)16(24)14-5-3-2-4-6-14/h2-6,11-12H,7-10H2,1H3.